The number of carbonyl (C=O) groups is 1. The van der Waals surface area contributed by atoms with E-state index in [1.807, 2.05) is 74.5 Å². The van der Waals surface area contributed by atoms with E-state index in [0.29, 0.717) is 5.56 Å². The molecule has 2 heterocycles. The minimum absolute atomic E-state index is 0.190. The first kappa shape index (κ1) is 16.7. The van der Waals surface area contributed by atoms with Crippen molar-refractivity contribution in [3.63, 3.8) is 0 Å². The number of hydrogen-bond donors (Lipinski definition) is 2. The molecule has 0 spiro atoms. The van der Waals surface area contributed by atoms with E-state index in [0.717, 1.165) is 28.2 Å². The highest BCUT2D eigenvalue weighted by molar-refractivity contribution is 5.95. The van der Waals surface area contributed by atoms with Crippen LogP contribution < -0.4 is 5.73 Å². The van der Waals surface area contributed by atoms with Crippen molar-refractivity contribution in [3.8, 4) is 11.3 Å². The van der Waals surface area contributed by atoms with Crippen LogP contribution in [0.2, 0.25) is 0 Å². The number of primary amides is 1. The molecule has 1 aromatic carbocycles. The van der Waals surface area contributed by atoms with Crippen molar-refractivity contribution in [2.45, 2.75) is 19.8 Å². The summed E-state index contributed by atoms with van der Waals surface area (Å²) in [6.45, 7) is 4.06. The summed E-state index contributed by atoms with van der Waals surface area (Å²) < 4.78 is 0. The van der Waals surface area contributed by atoms with Gasteiger partial charge in [0, 0.05) is 23.1 Å². The third kappa shape index (κ3) is 3.86. The maximum absolute atomic E-state index is 11.7. The van der Waals surface area contributed by atoms with Crippen LogP contribution in [0.25, 0.3) is 23.4 Å². The smallest absolute Gasteiger partial charge is 0.250 e. The summed E-state index contributed by atoms with van der Waals surface area (Å²) in [7, 11) is 0. The lowest BCUT2D eigenvalue weighted by atomic mass is 10.1. The van der Waals surface area contributed by atoms with Gasteiger partial charge in [-0.3, -0.25) is 9.78 Å². The lowest BCUT2D eigenvalue weighted by molar-refractivity contribution is 0.0999. The summed E-state index contributed by atoms with van der Waals surface area (Å²) in [6, 6.07) is 15.8. The van der Waals surface area contributed by atoms with Crippen LogP contribution in [0, 0.1) is 0 Å². The number of pyridine rings is 1. The number of aromatic amines is 1. The third-order valence-corrected chi connectivity index (χ3v) is 4.03. The number of carbonyl (C=O) groups excluding carboxylic acids is 1. The van der Waals surface area contributed by atoms with E-state index >= 15 is 0 Å². The Morgan fingerprint density at radius 3 is 2.52 bits per heavy atom. The van der Waals surface area contributed by atoms with E-state index in [4.69, 9.17) is 5.73 Å². The quantitative estimate of drug-likeness (QED) is 0.724. The highest BCUT2D eigenvalue weighted by Crippen LogP contribution is 2.26. The maximum atomic E-state index is 11.7. The monoisotopic (exact) mass is 331 g/mol. The van der Waals surface area contributed by atoms with Gasteiger partial charge in [0.25, 0.3) is 5.91 Å². The molecule has 0 unspecified atom stereocenters. The van der Waals surface area contributed by atoms with Crippen LogP contribution in [-0.4, -0.2) is 15.9 Å². The molecule has 0 saturated heterocycles. The number of rotatable bonds is 5. The van der Waals surface area contributed by atoms with Gasteiger partial charge < -0.3 is 10.7 Å². The molecule has 3 N–H and O–H groups in total. The first-order valence-electron chi connectivity index (χ1n) is 8.27. The minimum Gasteiger partial charge on any atom is -0.366 e. The van der Waals surface area contributed by atoms with Gasteiger partial charge in [0.05, 0.1) is 11.3 Å². The van der Waals surface area contributed by atoms with E-state index in [1.54, 1.807) is 6.20 Å². The largest absolute Gasteiger partial charge is 0.366 e. The fourth-order valence-corrected chi connectivity index (χ4v) is 2.74. The molecule has 2 aromatic heterocycles. The number of nitrogens with one attached hydrogen (secondary N) is 1. The van der Waals surface area contributed by atoms with E-state index in [2.05, 4.69) is 9.97 Å². The fourth-order valence-electron chi connectivity index (χ4n) is 2.74. The van der Waals surface area contributed by atoms with Gasteiger partial charge in [-0.2, -0.15) is 0 Å². The van der Waals surface area contributed by atoms with Crippen LogP contribution in [-0.2, 0) is 0 Å². The molecule has 0 atom stereocenters. The fraction of sp³-hybridized carbons (Fsp3) is 0.143. The second-order valence-corrected chi connectivity index (χ2v) is 6.24. The first-order chi connectivity index (χ1) is 12.0. The van der Waals surface area contributed by atoms with Gasteiger partial charge in [-0.05, 0) is 35.8 Å². The second kappa shape index (κ2) is 7.18. The molecule has 0 radical (unpaired) electrons. The molecule has 4 heteroatoms. The molecule has 0 saturated carbocycles. The summed E-state index contributed by atoms with van der Waals surface area (Å²) >= 11 is 0. The second-order valence-electron chi connectivity index (χ2n) is 6.24. The van der Waals surface area contributed by atoms with Crippen molar-refractivity contribution in [2.24, 2.45) is 5.73 Å². The molecule has 1 amide bonds. The first-order valence-corrected chi connectivity index (χ1v) is 8.27. The average molecular weight is 331 g/mol. The van der Waals surface area contributed by atoms with E-state index in [1.165, 1.54) is 0 Å². The summed E-state index contributed by atoms with van der Waals surface area (Å²) in [5, 5.41) is 0. The van der Waals surface area contributed by atoms with E-state index in [-0.39, 0.29) is 5.92 Å². The Labute approximate surface area is 147 Å². The molecular weight excluding hydrogens is 310 g/mol. The Morgan fingerprint density at radius 2 is 1.88 bits per heavy atom. The van der Waals surface area contributed by atoms with Gasteiger partial charge in [0.15, 0.2) is 0 Å². The Morgan fingerprint density at radius 1 is 1.12 bits per heavy atom. The van der Waals surface area contributed by atoms with Crippen LogP contribution in [0.5, 0.6) is 0 Å². The Bertz CT molecular complexity index is 908. The minimum atomic E-state index is -0.413. The number of nitrogens with two attached hydrogens (primary N) is 1. The van der Waals surface area contributed by atoms with Crippen molar-refractivity contribution in [1.82, 2.24) is 9.97 Å². The van der Waals surface area contributed by atoms with Crippen molar-refractivity contribution in [1.29, 1.82) is 0 Å². The SMILES string of the molecule is CC(C)c1[nH]c(-c2ccnc(C=Cc3ccccc3)c2)cc1C(N)=O. The van der Waals surface area contributed by atoms with Gasteiger partial charge >= 0.3 is 0 Å². The van der Waals surface area contributed by atoms with Crippen LogP contribution >= 0.6 is 0 Å². The number of nitrogens with zero attached hydrogens (tertiary/aromatic N) is 1. The molecule has 3 rings (SSSR count). The van der Waals surface area contributed by atoms with Crippen LogP contribution in [0.3, 0.4) is 0 Å². The van der Waals surface area contributed by atoms with Crippen LogP contribution in [0.1, 0.15) is 47.1 Å². The standard InChI is InChI=1S/C21H21N3O/c1-14(2)20-18(21(22)25)13-19(24-20)16-10-11-23-17(12-16)9-8-15-6-4-3-5-7-15/h3-14,24H,1-2H3,(H2,22,25). The van der Waals surface area contributed by atoms with Gasteiger partial charge in [0.1, 0.15) is 0 Å². The van der Waals surface area contributed by atoms with E-state index < -0.39 is 5.91 Å². The predicted octanol–water partition coefficient (Wildman–Crippen LogP) is 4.47. The molecule has 0 aliphatic rings. The molecule has 3 aromatic rings. The maximum Gasteiger partial charge on any atom is 0.250 e. The molecule has 4 nitrogen and oxygen atoms in total. The molecule has 0 aliphatic heterocycles. The lowest BCUT2D eigenvalue weighted by Gasteiger charge is -2.04. The highest BCUT2D eigenvalue weighted by atomic mass is 16.1. The van der Waals surface area contributed by atoms with Gasteiger partial charge in [-0.25, -0.2) is 0 Å². The zero-order chi connectivity index (χ0) is 17.8. The number of benzene rings is 1. The molecule has 25 heavy (non-hydrogen) atoms. The Balaban J connectivity index is 1.93. The topological polar surface area (TPSA) is 71.8 Å². The summed E-state index contributed by atoms with van der Waals surface area (Å²) in [4.78, 5) is 19.4. The molecule has 0 fully saturated rings. The molecule has 126 valence electrons. The van der Waals surface area contributed by atoms with Crippen LogP contribution in [0.15, 0.2) is 54.7 Å². The zero-order valence-electron chi connectivity index (χ0n) is 14.4. The lowest BCUT2D eigenvalue weighted by Crippen LogP contribution is -2.12. The molecule has 0 aliphatic carbocycles. The number of amides is 1. The van der Waals surface area contributed by atoms with Gasteiger partial charge in [-0.1, -0.05) is 50.3 Å². The number of H-pyrrole nitrogens is 1. The van der Waals surface area contributed by atoms with Crippen molar-refractivity contribution < 1.29 is 4.79 Å². The molecular formula is C21H21N3O. The summed E-state index contributed by atoms with van der Waals surface area (Å²) in [6.07, 6.45) is 5.76. The highest BCUT2D eigenvalue weighted by Gasteiger charge is 2.16. The van der Waals surface area contributed by atoms with Gasteiger partial charge in [0.2, 0.25) is 0 Å². The Kier molecular flexibility index (Phi) is 4.80. The van der Waals surface area contributed by atoms with Crippen molar-refractivity contribution in [3.05, 3.63) is 77.2 Å². The Hall–Kier alpha value is -3.14. The number of hydrogen-bond acceptors (Lipinski definition) is 2. The summed E-state index contributed by atoms with van der Waals surface area (Å²) in [5.41, 5.74) is 10.7. The normalized spacial score (nSPS) is 11.3. The zero-order valence-corrected chi connectivity index (χ0v) is 14.4. The van der Waals surface area contributed by atoms with Gasteiger partial charge in [-0.15, -0.1) is 0 Å². The third-order valence-electron chi connectivity index (χ3n) is 4.03. The average Bonchev–Trinajstić information content (AvgIpc) is 3.07. The van der Waals surface area contributed by atoms with Crippen LogP contribution in [0.4, 0.5) is 0 Å². The summed E-state index contributed by atoms with van der Waals surface area (Å²) in [5.74, 6) is -0.222. The van der Waals surface area contributed by atoms with E-state index in [9.17, 15) is 4.79 Å². The van der Waals surface area contributed by atoms with Crippen molar-refractivity contribution >= 4 is 18.1 Å². The predicted molar refractivity (Wildman–Crippen MR) is 102 cm³/mol. The molecule has 0 bridgehead atoms. The number of aromatic nitrogens is 2. The van der Waals surface area contributed by atoms with Crippen molar-refractivity contribution in [2.75, 3.05) is 0 Å².